The van der Waals surface area contributed by atoms with Gasteiger partial charge in [0, 0.05) is 4.88 Å². The molecule has 16 heavy (non-hydrogen) atoms. The Labute approximate surface area is 100 Å². The summed E-state index contributed by atoms with van der Waals surface area (Å²) in [4.78, 5) is 13.6. The standard InChI is InChI=1S/C9H10N4OS2/c1-2-5-3-4-6(15-5)7(14)11-9-13-12-8(10)16-9/h3-4H,2H2,1H3,(H2,10,12)(H,11,13,14). The fourth-order valence-corrected chi connectivity index (χ4v) is 2.48. The lowest BCUT2D eigenvalue weighted by Crippen LogP contribution is -2.09. The Kier molecular flexibility index (Phi) is 3.16. The first-order valence-electron chi connectivity index (χ1n) is 4.68. The Morgan fingerprint density at radius 2 is 2.25 bits per heavy atom. The first kappa shape index (κ1) is 11.0. The van der Waals surface area contributed by atoms with Gasteiger partial charge < -0.3 is 5.73 Å². The van der Waals surface area contributed by atoms with Gasteiger partial charge in [0.05, 0.1) is 4.88 Å². The minimum absolute atomic E-state index is 0.166. The van der Waals surface area contributed by atoms with E-state index in [0.717, 1.165) is 17.8 Å². The molecule has 3 N–H and O–H groups in total. The molecular formula is C9H10N4OS2. The van der Waals surface area contributed by atoms with Gasteiger partial charge in [-0.15, -0.1) is 21.5 Å². The van der Waals surface area contributed by atoms with Crippen LogP contribution in [0.2, 0.25) is 0 Å². The average Bonchev–Trinajstić information content (AvgIpc) is 2.87. The van der Waals surface area contributed by atoms with Crippen LogP contribution in [0.3, 0.4) is 0 Å². The third-order valence-corrected chi connectivity index (χ3v) is 3.79. The zero-order valence-electron chi connectivity index (χ0n) is 8.56. The summed E-state index contributed by atoms with van der Waals surface area (Å²) in [7, 11) is 0. The minimum atomic E-state index is -0.166. The van der Waals surface area contributed by atoms with Gasteiger partial charge in [-0.1, -0.05) is 18.3 Å². The van der Waals surface area contributed by atoms with Crippen molar-refractivity contribution in [2.45, 2.75) is 13.3 Å². The Morgan fingerprint density at radius 3 is 2.81 bits per heavy atom. The van der Waals surface area contributed by atoms with Crippen LogP contribution in [0.5, 0.6) is 0 Å². The smallest absolute Gasteiger partial charge is 0.267 e. The summed E-state index contributed by atoms with van der Waals surface area (Å²) in [5.74, 6) is -0.166. The maximum atomic E-state index is 11.7. The van der Waals surface area contributed by atoms with Gasteiger partial charge in [-0.2, -0.15) is 0 Å². The quantitative estimate of drug-likeness (QED) is 0.877. The second-order valence-electron chi connectivity index (χ2n) is 3.02. The number of aromatic nitrogens is 2. The van der Waals surface area contributed by atoms with Gasteiger partial charge in [-0.25, -0.2) is 0 Å². The zero-order valence-corrected chi connectivity index (χ0v) is 10.2. The molecule has 0 aliphatic rings. The predicted octanol–water partition coefficient (Wildman–Crippen LogP) is 2.00. The fourth-order valence-electron chi connectivity index (χ4n) is 1.13. The molecular weight excluding hydrogens is 244 g/mol. The van der Waals surface area contributed by atoms with Gasteiger partial charge >= 0.3 is 0 Å². The molecule has 0 radical (unpaired) electrons. The number of thiophene rings is 1. The van der Waals surface area contributed by atoms with Crippen molar-refractivity contribution < 1.29 is 4.79 Å². The Morgan fingerprint density at radius 1 is 1.44 bits per heavy atom. The highest BCUT2D eigenvalue weighted by molar-refractivity contribution is 7.19. The highest BCUT2D eigenvalue weighted by Crippen LogP contribution is 2.21. The van der Waals surface area contributed by atoms with Gasteiger partial charge in [0.2, 0.25) is 10.3 Å². The normalized spacial score (nSPS) is 10.3. The molecule has 2 aromatic heterocycles. The van der Waals surface area contributed by atoms with Crippen LogP contribution in [0.4, 0.5) is 10.3 Å². The molecule has 0 aromatic carbocycles. The topological polar surface area (TPSA) is 80.9 Å². The van der Waals surface area contributed by atoms with E-state index in [2.05, 4.69) is 22.4 Å². The van der Waals surface area contributed by atoms with Crippen LogP contribution in [0.15, 0.2) is 12.1 Å². The van der Waals surface area contributed by atoms with Crippen LogP contribution < -0.4 is 11.1 Å². The predicted molar refractivity (Wildman–Crippen MR) is 66.0 cm³/mol. The van der Waals surface area contributed by atoms with Gasteiger partial charge in [0.1, 0.15) is 0 Å². The van der Waals surface area contributed by atoms with Crippen LogP contribution in [-0.4, -0.2) is 16.1 Å². The fraction of sp³-hybridized carbons (Fsp3) is 0.222. The molecule has 0 saturated carbocycles. The van der Waals surface area contributed by atoms with Crippen molar-refractivity contribution in [1.29, 1.82) is 0 Å². The highest BCUT2D eigenvalue weighted by atomic mass is 32.1. The molecule has 0 unspecified atom stereocenters. The van der Waals surface area contributed by atoms with Gasteiger partial charge in [-0.05, 0) is 18.6 Å². The molecule has 0 fully saturated rings. The van der Waals surface area contributed by atoms with Gasteiger partial charge in [0.15, 0.2) is 0 Å². The van der Waals surface area contributed by atoms with Crippen molar-refractivity contribution in [2.75, 3.05) is 11.1 Å². The first-order valence-corrected chi connectivity index (χ1v) is 6.31. The second-order valence-corrected chi connectivity index (χ2v) is 5.20. The molecule has 7 heteroatoms. The van der Waals surface area contributed by atoms with Crippen LogP contribution in [0.1, 0.15) is 21.5 Å². The molecule has 2 heterocycles. The number of anilines is 2. The molecule has 5 nitrogen and oxygen atoms in total. The van der Waals surface area contributed by atoms with E-state index in [9.17, 15) is 4.79 Å². The van der Waals surface area contributed by atoms with Crippen LogP contribution in [0, 0.1) is 0 Å². The number of nitrogens with one attached hydrogen (secondary N) is 1. The molecule has 0 spiro atoms. The summed E-state index contributed by atoms with van der Waals surface area (Å²) in [6, 6.07) is 3.76. The lowest BCUT2D eigenvalue weighted by molar-refractivity contribution is 0.103. The van der Waals surface area contributed by atoms with Gasteiger partial charge in [-0.3, -0.25) is 10.1 Å². The third kappa shape index (κ3) is 2.37. The number of carbonyl (C=O) groups is 1. The van der Waals surface area contributed by atoms with E-state index < -0.39 is 0 Å². The van der Waals surface area contributed by atoms with Crippen molar-refractivity contribution in [1.82, 2.24) is 10.2 Å². The monoisotopic (exact) mass is 254 g/mol. The minimum Gasteiger partial charge on any atom is -0.374 e. The third-order valence-electron chi connectivity index (χ3n) is 1.89. The number of nitrogens with zero attached hydrogens (tertiary/aromatic N) is 2. The number of nitrogen functional groups attached to an aromatic ring is 1. The van der Waals surface area contributed by atoms with Crippen molar-refractivity contribution in [3.05, 3.63) is 21.9 Å². The molecule has 2 rings (SSSR count). The molecule has 0 aliphatic heterocycles. The van der Waals surface area contributed by atoms with Crippen molar-refractivity contribution >= 4 is 38.8 Å². The summed E-state index contributed by atoms with van der Waals surface area (Å²) < 4.78 is 0. The van der Waals surface area contributed by atoms with Crippen LogP contribution in [0.25, 0.3) is 0 Å². The Hall–Kier alpha value is -1.47. The summed E-state index contributed by atoms with van der Waals surface area (Å²) >= 11 is 2.63. The largest absolute Gasteiger partial charge is 0.374 e. The van der Waals surface area contributed by atoms with Crippen LogP contribution >= 0.6 is 22.7 Å². The summed E-state index contributed by atoms with van der Waals surface area (Å²) in [6.45, 7) is 2.05. The lowest BCUT2D eigenvalue weighted by Gasteiger charge is -1.96. The summed E-state index contributed by atoms with van der Waals surface area (Å²) in [6.07, 6.45) is 0.934. The Balaban J connectivity index is 2.08. The van der Waals surface area contributed by atoms with E-state index in [0.29, 0.717) is 15.1 Å². The number of nitrogens with two attached hydrogens (primary N) is 1. The average molecular weight is 254 g/mol. The second kappa shape index (κ2) is 4.58. The highest BCUT2D eigenvalue weighted by Gasteiger charge is 2.11. The van der Waals surface area contributed by atoms with E-state index in [1.54, 1.807) is 0 Å². The molecule has 84 valence electrons. The molecule has 0 saturated heterocycles. The number of hydrogen-bond donors (Lipinski definition) is 2. The zero-order chi connectivity index (χ0) is 11.5. The lowest BCUT2D eigenvalue weighted by atomic mass is 10.3. The number of carbonyl (C=O) groups excluding carboxylic acids is 1. The van der Waals surface area contributed by atoms with Gasteiger partial charge in [0.25, 0.3) is 5.91 Å². The summed E-state index contributed by atoms with van der Waals surface area (Å²) in [5, 5.41) is 10.8. The molecule has 0 atom stereocenters. The maximum absolute atomic E-state index is 11.7. The van der Waals surface area contributed by atoms with E-state index in [-0.39, 0.29) is 5.91 Å². The van der Waals surface area contributed by atoms with E-state index in [1.807, 2.05) is 12.1 Å². The van der Waals surface area contributed by atoms with Crippen LogP contribution in [-0.2, 0) is 6.42 Å². The van der Waals surface area contributed by atoms with E-state index >= 15 is 0 Å². The number of rotatable bonds is 3. The van der Waals surface area contributed by atoms with E-state index in [4.69, 9.17) is 5.73 Å². The molecule has 2 aromatic rings. The van der Waals surface area contributed by atoms with Crippen molar-refractivity contribution in [3.63, 3.8) is 0 Å². The maximum Gasteiger partial charge on any atom is 0.267 e. The number of amides is 1. The molecule has 1 amide bonds. The van der Waals surface area contributed by atoms with Crippen molar-refractivity contribution in [2.24, 2.45) is 0 Å². The molecule has 0 bridgehead atoms. The van der Waals surface area contributed by atoms with Crippen molar-refractivity contribution in [3.8, 4) is 0 Å². The summed E-state index contributed by atoms with van der Waals surface area (Å²) in [5.41, 5.74) is 5.41. The Bertz CT molecular complexity index is 505. The van der Waals surface area contributed by atoms with E-state index in [1.165, 1.54) is 16.2 Å². The number of hydrogen-bond acceptors (Lipinski definition) is 6. The molecule has 0 aliphatic carbocycles. The first-order chi connectivity index (χ1) is 7.69. The SMILES string of the molecule is CCc1ccc(C(=O)Nc2nnc(N)s2)s1. The number of aryl methyl sites for hydroxylation is 1.